The largest absolute Gasteiger partial charge is 0.378 e. The Labute approximate surface area is 176 Å². The lowest BCUT2D eigenvalue weighted by atomic mass is 10.00. The molecule has 0 aromatic carbocycles. The number of rotatable bonds is 4. The Morgan fingerprint density at radius 2 is 1.97 bits per heavy atom. The minimum absolute atomic E-state index is 0.0353. The monoisotopic (exact) mass is 409 g/mol. The predicted octanol–water partition coefficient (Wildman–Crippen LogP) is 1.95. The van der Waals surface area contributed by atoms with Crippen LogP contribution in [0.3, 0.4) is 0 Å². The summed E-state index contributed by atoms with van der Waals surface area (Å²) in [6.07, 6.45) is 6.40. The van der Waals surface area contributed by atoms with Crippen molar-refractivity contribution in [1.29, 1.82) is 0 Å². The lowest BCUT2D eigenvalue weighted by molar-refractivity contribution is -0.134. The van der Waals surface area contributed by atoms with E-state index in [0.717, 1.165) is 25.0 Å². The molecule has 0 radical (unpaired) electrons. The number of hydrogen-bond donors (Lipinski definition) is 0. The fourth-order valence-corrected chi connectivity index (χ4v) is 4.05. The van der Waals surface area contributed by atoms with E-state index in [1.807, 2.05) is 30.0 Å². The summed E-state index contributed by atoms with van der Waals surface area (Å²) >= 11 is 0. The van der Waals surface area contributed by atoms with E-state index >= 15 is 0 Å². The third kappa shape index (κ3) is 4.48. The molecule has 2 aromatic rings. The maximum atomic E-state index is 13.0. The Balaban J connectivity index is 1.51. The highest BCUT2D eigenvalue weighted by atomic mass is 16.5. The van der Waals surface area contributed by atoms with Crippen molar-refractivity contribution in [1.82, 2.24) is 24.8 Å². The molecule has 8 heteroatoms. The number of pyridine rings is 1. The topological polar surface area (TPSA) is 88.5 Å². The van der Waals surface area contributed by atoms with E-state index in [9.17, 15) is 9.59 Å². The third-order valence-corrected chi connectivity index (χ3v) is 5.71. The number of ether oxygens (including phenoxy) is 1. The standard InChI is InChI=1S/C22H27N5O3/c1-16-18(22(29)26-10-12-30-13-11-26)15-24-21(25-16)19-7-3-5-9-27(19)20(28)14-17-6-2-4-8-23-17/h2,4,6,8,15,19H,3,5,7,9-14H2,1H3/t19-/m0/s1. The second kappa shape index (κ2) is 9.30. The van der Waals surface area contributed by atoms with Crippen LogP contribution in [0.1, 0.15) is 52.9 Å². The number of carbonyl (C=O) groups is 2. The molecule has 0 bridgehead atoms. The molecule has 1 atom stereocenters. The Morgan fingerprint density at radius 3 is 2.70 bits per heavy atom. The SMILES string of the molecule is Cc1nc([C@@H]2CCCCN2C(=O)Cc2ccccn2)ncc1C(=O)N1CCOCC1. The number of aryl methyl sites for hydroxylation is 1. The van der Waals surface area contributed by atoms with Gasteiger partial charge in [-0.1, -0.05) is 6.07 Å². The quantitative estimate of drug-likeness (QED) is 0.767. The molecule has 0 unspecified atom stereocenters. The van der Waals surface area contributed by atoms with Crippen LogP contribution in [0.5, 0.6) is 0 Å². The number of morpholine rings is 1. The summed E-state index contributed by atoms with van der Waals surface area (Å²) in [5.41, 5.74) is 1.93. The van der Waals surface area contributed by atoms with E-state index in [1.54, 1.807) is 17.3 Å². The Kier molecular flexibility index (Phi) is 6.32. The van der Waals surface area contributed by atoms with Gasteiger partial charge in [-0.15, -0.1) is 0 Å². The molecule has 2 amide bonds. The number of nitrogens with zero attached hydrogens (tertiary/aromatic N) is 5. The van der Waals surface area contributed by atoms with Crippen molar-refractivity contribution < 1.29 is 14.3 Å². The zero-order valence-corrected chi connectivity index (χ0v) is 17.3. The Hall–Kier alpha value is -2.87. The second-order valence-corrected chi connectivity index (χ2v) is 7.73. The molecule has 4 heterocycles. The number of amides is 2. The van der Waals surface area contributed by atoms with Crippen LogP contribution in [0, 0.1) is 6.92 Å². The molecule has 0 saturated carbocycles. The first-order valence-corrected chi connectivity index (χ1v) is 10.5. The molecule has 2 saturated heterocycles. The van der Waals surface area contributed by atoms with Crippen molar-refractivity contribution in [3.05, 3.63) is 53.4 Å². The van der Waals surface area contributed by atoms with Gasteiger partial charge >= 0.3 is 0 Å². The molecule has 158 valence electrons. The van der Waals surface area contributed by atoms with Gasteiger partial charge in [0.05, 0.1) is 36.9 Å². The highest BCUT2D eigenvalue weighted by molar-refractivity contribution is 5.95. The lowest BCUT2D eigenvalue weighted by Gasteiger charge is -2.35. The molecular formula is C22H27N5O3. The van der Waals surface area contributed by atoms with Crippen molar-refractivity contribution >= 4 is 11.8 Å². The van der Waals surface area contributed by atoms with Crippen LogP contribution in [-0.2, 0) is 16.0 Å². The molecule has 4 rings (SSSR count). The molecular weight excluding hydrogens is 382 g/mol. The Bertz CT molecular complexity index is 899. The van der Waals surface area contributed by atoms with E-state index in [1.165, 1.54) is 0 Å². The van der Waals surface area contributed by atoms with E-state index in [2.05, 4.69) is 15.0 Å². The van der Waals surface area contributed by atoms with Gasteiger partial charge in [-0.2, -0.15) is 0 Å². The Morgan fingerprint density at radius 1 is 1.13 bits per heavy atom. The summed E-state index contributed by atoms with van der Waals surface area (Å²) < 4.78 is 5.32. The average Bonchev–Trinajstić information content (AvgIpc) is 2.80. The maximum Gasteiger partial charge on any atom is 0.257 e. The lowest BCUT2D eigenvalue weighted by Crippen LogP contribution is -2.41. The van der Waals surface area contributed by atoms with E-state index in [4.69, 9.17) is 4.74 Å². The van der Waals surface area contributed by atoms with Crippen molar-refractivity contribution in [2.45, 2.75) is 38.6 Å². The normalized spacial score (nSPS) is 19.6. The number of hydrogen-bond acceptors (Lipinski definition) is 6. The number of aromatic nitrogens is 3. The van der Waals surface area contributed by atoms with E-state index < -0.39 is 0 Å². The van der Waals surface area contributed by atoms with Crippen LogP contribution in [0.2, 0.25) is 0 Å². The maximum absolute atomic E-state index is 13.0. The molecule has 2 aliphatic rings. The number of piperidine rings is 1. The summed E-state index contributed by atoms with van der Waals surface area (Å²) in [6.45, 7) is 4.80. The van der Waals surface area contributed by atoms with Gasteiger partial charge < -0.3 is 14.5 Å². The molecule has 0 aliphatic carbocycles. The van der Waals surface area contributed by atoms with Crippen molar-refractivity contribution in [3.8, 4) is 0 Å². The van der Waals surface area contributed by atoms with Crippen LogP contribution in [0.15, 0.2) is 30.6 Å². The third-order valence-electron chi connectivity index (χ3n) is 5.71. The average molecular weight is 409 g/mol. The molecule has 0 spiro atoms. The molecule has 8 nitrogen and oxygen atoms in total. The van der Waals surface area contributed by atoms with Gasteiger partial charge in [0.25, 0.3) is 5.91 Å². The summed E-state index contributed by atoms with van der Waals surface area (Å²) in [5, 5.41) is 0. The molecule has 0 N–H and O–H groups in total. The summed E-state index contributed by atoms with van der Waals surface area (Å²) in [6, 6.07) is 5.43. The molecule has 2 aliphatic heterocycles. The van der Waals surface area contributed by atoms with Gasteiger partial charge in [0.15, 0.2) is 5.82 Å². The zero-order chi connectivity index (χ0) is 20.9. The summed E-state index contributed by atoms with van der Waals surface area (Å²) in [7, 11) is 0. The van der Waals surface area contributed by atoms with Crippen LogP contribution < -0.4 is 0 Å². The molecule has 2 fully saturated rings. The van der Waals surface area contributed by atoms with E-state index in [0.29, 0.717) is 49.9 Å². The van der Waals surface area contributed by atoms with Crippen LogP contribution in [-0.4, -0.2) is 69.4 Å². The van der Waals surface area contributed by atoms with Gasteiger partial charge in [-0.25, -0.2) is 9.97 Å². The predicted molar refractivity (Wildman–Crippen MR) is 110 cm³/mol. The van der Waals surface area contributed by atoms with Crippen molar-refractivity contribution in [2.24, 2.45) is 0 Å². The highest BCUT2D eigenvalue weighted by Gasteiger charge is 2.31. The van der Waals surface area contributed by atoms with Gasteiger partial charge in [0.1, 0.15) is 0 Å². The number of likely N-dealkylation sites (tertiary alicyclic amines) is 1. The smallest absolute Gasteiger partial charge is 0.257 e. The zero-order valence-electron chi connectivity index (χ0n) is 17.3. The first kappa shape index (κ1) is 20.4. The van der Waals surface area contributed by atoms with Crippen LogP contribution in [0.25, 0.3) is 0 Å². The molecule has 2 aromatic heterocycles. The van der Waals surface area contributed by atoms with Gasteiger partial charge in [-0.3, -0.25) is 14.6 Å². The van der Waals surface area contributed by atoms with Crippen molar-refractivity contribution in [2.75, 3.05) is 32.8 Å². The fraction of sp³-hybridized carbons (Fsp3) is 0.500. The second-order valence-electron chi connectivity index (χ2n) is 7.73. The first-order valence-electron chi connectivity index (χ1n) is 10.5. The van der Waals surface area contributed by atoms with Crippen LogP contribution >= 0.6 is 0 Å². The van der Waals surface area contributed by atoms with Crippen LogP contribution in [0.4, 0.5) is 0 Å². The van der Waals surface area contributed by atoms with Gasteiger partial charge in [-0.05, 0) is 38.3 Å². The highest BCUT2D eigenvalue weighted by Crippen LogP contribution is 2.30. The molecule has 30 heavy (non-hydrogen) atoms. The minimum atomic E-state index is -0.166. The van der Waals surface area contributed by atoms with E-state index in [-0.39, 0.29) is 24.3 Å². The van der Waals surface area contributed by atoms with Gasteiger partial charge in [0, 0.05) is 37.7 Å². The fourth-order valence-electron chi connectivity index (χ4n) is 4.05. The minimum Gasteiger partial charge on any atom is -0.378 e. The first-order chi connectivity index (χ1) is 14.6. The summed E-state index contributed by atoms with van der Waals surface area (Å²) in [4.78, 5) is 42.9. The van der Waals surface area contributed by atoms with Gasteiger partial charge in [0.2, 0.25) is 5.91 Å². The summed E-state index contributed by atoms with van der Waals surface area (Å²) in [5.74, 6) is 0.585. The number of carbonyl (C=O) groups excluding carboxylic acids is 2. The van der Waals surface area contributed by atoms with Crippen molar-refractivity contribution in [3.63, 3.8) is 0 Å².